The number of carbonyl (C=O) groups is 1. The molecule has 1 saturated heterocycles. The molecule has 0 aromatic rings. The van der Waals surface area contributed by atoms with Crippen LogP contribution >= 0.6 is 0 Å². The monoisotopic (exact) mass is 141 g/mol. The lowest BCUT2D eigenvalue weighted by molar-refractivity contribution is -0.143. The molecule has 0 aliphatic carbocycles. The Morgan fingerprint density at radius 2 is 2.40 bits per heavy atom. The minimum absolute atomic E-state index is 0.296. The van der Waals surface area contributed by atoms with Gasteiger partial charge in [-0.1, -0.05) is 6.58 Å². The van der Waals surface area contributed by atoms with Gasteiger partial charge in [0.25, 0.3) is 0 Å². The average molecular weight is 141 g/mol. The van der Waals surface area contributed by atoms with E-state index in [4.69, 9.17) is 10.5 Å². The van der Waals surface area contributed by atoms with Gasteiger partial charge in [0.15, 0.2) is 0 Å². The van der Waals surface area contributed by atoms with Crippen molar-refractivity contribution in [1.82, 2.24) is 0 Å². The van der Waals surface area contributed by atoms with Gasteiger partial charge in [-0.15, -0.1) is 0 Å². The fraction of sp³-hybridized carbons (Fsp3) is 0.571. The highest BCUT2D eigenvalue weighted by atomic mass is 16.5. The Bertz CT molecular complexity index is 184. The molecule has 1 rings (SSSR count). The third-order valence-corrected chi connectivity index (χ3v) is 1.44. The maximum absolute atomic E-state index is 10.7. The van der Waals surface area contributed by atoms with Crippen LogP contribution in [0.5, 0.6) is 0 Å². The molecule has 1 heterocycles. The van der Waals surface area contributed by atoms with E-state index < -0.39 is 5.54 Å². The zero-order valence-electron chi connectivity index (χ0n) is 6.02. The van der Waals surface area contributed by atoms with Gasteiger partial charge < -0.3 is 10.5 Å². The summed E-state index contributed by atoms with van der Waals surface area (Å²) in [6.45, 7) is 5.67. The van der Waals surface area contributed by atoms with Crippen molar-refractivity contribution >= 4 is 5.97 Å². The number of carbonyl (C=O) groups excluding carboxylic acids is 1. The smallest absolute Gasteiger partial charge is 0.333 e. The molecule has 10 heavy (non-hydrogen) atoms. The Labute approximate surface area is 59.8 Å². The predicted molar refractivity (Wildman–Crippen MR) is 37.3 cm³/mol. The van der Waals surface area contributed by atoms with Crippen LogP contribution in [0.15, 0.2) is 12.2 Å². The highest BCUT2D eigenvalue weighted by molar-refractivity contribution is 5.88. The van der Waals surface area contributed by atoms with Gasteiger partial charge in [0, 0.05) is 5.57 Å². The van der Waals surface area contributed by atoms with Crippen LogP contribution in [0.3, 0.4) is 0 Å². The number of nitrogens with two attached hydrogens (primary N) is 1. The minimum Gasteiger partial charge on any atom is -0.460 e. The van der Waals surface area contributed by atoms with E-state index in [0.717, 1.165) is 0 Å². The Morgan fingerprint density at radius 1 is 1.80 bits per heavy atom. The summed E-state index contributed by atoms with van der Waals surface area (Å²) >= 11 is 0. The average Bonchev–Trinajstić information content (AvgIpc) is 1.79. The molecule has 0 saturated carbocycles. The van der Waals surface area contributed by atoms with Crippen molar-refractivity contribution in [3.8, 4) is 0 Å². The third-order valence-electron chi connectivity index (χ3n) is 1.44. The molecule has 0 aromatic carbocycles. The quantitative estimate of drug-likeness (QED) is 0.387. The van der Waals surface area contributed by atoms with Crippen LogP contribution in [0.25, 0.3) is 0 Å². The van der Waals surface area contributed by atoms with E-state index in [1.807, 2.05) is 6.92 Å². The number of esters is 1. The van der Waals surface area contributed by atoms with Crippen molar-refractivity contribution in [3.05, 3.63) is 12.2 Å². The molecule has 56 valence electrons. The van der Waals surface area contributed by atoms with Crippen LogP contribution in [-0.4, -0.2) is 18.1 Å². The molecule has 0 bridgehead atoms. The molecule has 0 amide bonds. The van der Waals surface area contributed by atoms with Crippen LogP contribution in [-0.2, 0) is 9.53 Å². The van der Waals surface area contributed by atoms with Crippen molar-refractivity contribution in [3.63, 3.8) is 0 Å². The highest BCUT2D eigenvalue weighted by Crippen LogP contribution is 2.19. The third kappa shape index (κ3) is 1.36. The van der Waals surface area contributed by atoms with Gasteiger partial charge in [0.1, 0.15) is 6.61 Å². The number of ether oxygens (including phenoxy) is 1. The van der Waals surface area contributed by atoms with Crippen LogP contribution < -0.4 is 5.73 Å². The summed E-state index contributed by atoms with van der Waals surface area (Å²) in [5.41, 5.74) is 5.75. The number of cyclic esters (lactones) is 1. The van der Waals surface area contributed by atoms with Crippen molar-refractivity contribution in [1.29, 1.82) is 0 Å². The maximum atomic E-state index is 10.7. The molecule has 1 aliphatic heterocycles. The second kappa shape index (κ2) is 2.09. The molecule has 0 aromatic heterocycles. The number of rotatable bonds is 0. The second-order valence-corrected chi connectivity index (χ2v) is 3.01. The van der Waals surface area contributed by atoms with E-state index >= 15 is 0 Å². The summed E-state index contributed by atoms with van der Waals surface area (Å²) in [6.07, 6.45) is 0.534. The Hall–Kier alpha value is -0.830. The van der Waals surface area contributed by atoms with E-state index in [0.29, 0.717) is 18.6 Å². The molecule has 1 fully saturated rings. The molecule has 1 atom stereocenters. The van der Waals surface area contributed by atoms with E-state index in [1.54, 1.807) is 0 Å². The first-order chi connectivity index (χ1) is 4.51. The maximum Gasteiger partial charge on any atom is 0.333 e. The first-order valence-electron chi connectivity index (χ1n) is 3.15. The van der Waals surface area contributed by atoms with E-state index in [-0.39, 0.29) is 5.97 Å². The highest BCUT2D eigenvalue weighted by Gasteiger charge is 2.29. The van der Waals surface area contributed by atoms with E-state index in [1.165, 1.54) is 0 Å². The van der Waals surface area contributed by atoms with Crippen LogP contribution in [0.1, 0.15) is 13.3 Å². The SMILES string of the molecule is C=C1CC(C)(N)COC1=O. The van der Waals surface area contributed by atoms with Gasteiger partial charge in [-0.2, -0.15) is 0 Å². The van der Waals surface area contributed by atoms with Gasteiger partial charge in [0.2, 0.25) is 0 Å². The standard InChI is InChI=1S/C7H11NO2/c1-5-3-7(2,8)4-10-6(5)9/h1,3-4,8H2,2H3. The molecule has 2 N–H and O–H groups in total. The first kappa shape index (κ1) is 7.28. The normalized spacial score (nSPS) is 33.8. The fourth-order valence-electron chi connectivity index (χ4n) is 0.943. The van der Waals surface area contributed by atoms with E-state index in [2.05, 4.69) is 6.58 Å². The Kier molecular flexibility index (Phi) is 1.52. The van der Waals surface area contributed by atoms with Crippen LogP contribution in [0, 0.1) is 0 Å². The molecule has 1 aliphatic rings. The lowest BCUT2D eigenvalue weighted by Gasteiger charge is -2.29. The Balaban J connectivity index is 2.66. The van der Waals surface area contributed by atoms with Crippen LogP contribution in [0.2, 0.25) is 0 Å². The van der Waals surface area contributed by atoms with Gasteiger partial charge in [-0.25, -0.2) is 4.79 Å². The largest absolute Gasteiger partial charge is 0.460 e. The summed E-state index contributed by atoms with van der Waals surface area (Å²) in [6, 6.07) is 0. The van der Waals surface area contributed by atoms with Crippen molar-refractivity contribution < 1.29 is 9.53 Å². The topological polar surface area (TPSA) is 52.3 Å². The van der Waals surface area contributed by atoms with Gasteiger partial charge in [-0.3, -0.25) is 0 Å². The lowest BCUT2D eigenvalue weighted by atomic mass is 9.93. The summed E-state index contributed by atoms with van der Waals surface area (Å²) in [5, 5.41) is 0. The summed E-state index contributed by atoms with van der Waals surface area (Å²) in [7, 11) is 0. The zero-order valence-corrected chi connectivity index (χ0v) is 6.02. The lowest BCUT2D eigenvalue weighted by Crippen LogP contribution is -2.46. The van der Waals surface area contributed by atoms with Crippen molar-refractivity contribution in [2.45, 2.75) is 18.9 Å². The number of hydrogen-bond donors (Lipinski definition) is 1. The molecule has 3 heteroatoms. The Morgan fingerprint density at radius 3 is 2.80 bits per heavy atom. The molecule has 0 radical (unpaired) electrons. The molecule has 3 nitrogen and oxygen atoms in total. The van der Waals surface area contributed by atoms with Crippen molar-refractivity contribution in [2.24, 2.45) is 5.73 Å². The minimum atomic E-state index is -0.412. The van der Waals surface area contributed by atoms with Gasteiger partial charge >= 0.3 is 5.97 Å². The first-order valence-corrected chi connectivity index (χ1v) is 3.15. The number of hydrogen-bond acceptors (Lipinski definition) is 3. The second-order valence-electron chi connectivity index (χ2n) is 3.01. The zero-order chi connectivity index (χ0) is 7.78. The summed E-state index contributed by atoms with van der Waals surface area (Å²) < 4.78 is 4.74. The van der Waals surface area contributed by atoms with E-state index in [9.17, 15) is 4.79 Å². The van der Waals surface area contributed by atoms with Crippen LogP contribution in [0.4, 0.5) is 0 Å². The molecule has 0 spiro atoms. The van der Waals surface area contributed by atoms with Crippen molar-refractivity contribution in [2.75, 3.05) is 6.61 Å². The predicted octanol–water partition coefficient (Wildman–Crippen LogP) is 0.207. The molecule has 1 unspecified atom stereocenters. The summed E-state index contributed by atoms with van der Waals surface area (Å²) in [4.78, 5) is 10.7. The van der Waals surface area contributed by atoms with Gasteiger partial charge in [0.05, 0.1) is 5.54 Å². The fourth-order valence-corrected chi connectivity index (χ4v) is 0.943. The van der Waals surface area contributed by atoms with Gasteiger partial charge in [-0.05, 0) is 13.3 Å². The summed E-state index contributed by atoms with van der Waals surface area (Å²) in [5.74, 6) is -0.317. The molecular formula is C7H11NO2. The molecular weight excluding hydrogens is 130 g/mol.